The van der Waals surface area contributed by atoms with Crippen LogP contribution in [0.5, 0.6) is 0 Å². The standard InChI is InChI=1S/C11H12O3/c12-6-9-7-14-11(10(9)13)8-4-2-1-3-5-8/h1-5,9,11-12H,6-7H2. The first kappa shape index (κ1) is 9.37. The smallest absolute Gasteiger partial charge is 0.173 e. The first-order valence-corrected chi connectivity index (χ1v) is 4.64. The summed E-state index contributed by atoms with van der Waals surface area (Å²) in [5.41, 5.74) is 0.869. The number of aliphatic hydroxyl groups excluding tert-OH is 1. The highest BCUT2D eigenvalue weighted by Gasteiger charge is 2.35. The Balaban J connectivity index is 2.18. The average Bonchev–Trinajstić information content (AvgIpc) is 2.61. The quantitative estimate of drug-likeness (QED) is 0.758. The molecule has 1 aliphatic heterocycles. The van der Waals surface area contributed by atoms with Gasteiger partial charge in [-0.2, -0.15) is 0 Å². The van der Waals surface area contributed by atoms with Crippen LogP contribution in [0.1, 0.15) is 11.7 Å². The fourth-order valence-electron chi connectivity index (χ4n) is 1.62. The van der Waals surface area contributed by atoms with Crippen LogP contribution in [-0.2, 0) is 9.53 Å². The summed E-state index contributed by atoms with van der Waals surface area (Å²) in [4.78, 5) is 11.7. The molecule has 0 aromatic heterocycles. The van der Waals surface area contributed by atoms with Gasteiger partial charge in [0.1, 0.15) is 6.10 Å². The lowest BCUT2D eigenvalue weighted by atomic mass is 10.00. The summed E-state index contributed by atoms with van der Waals surface area (Å²) in [6.07, 6.45) is -0.478. The van der Waals surface area contributed by atoms with Crippen molar-refractivity contribution in [1.82, 2.24) is 0 Å². The minimum absolute atomic E-state index is 0.0151. The summed E-state index contributed by atoms with van der Waals surface area (Å²) >= 11 is 0. The Labute approximate surface area is 82.3 Å². The van der Waals surface area contributed by atoms with Crippen LogP contribution in [-0.4, -0.2) is 24.1 Å². The van der Waals surface area contributed by atoms with E-state index in [1.54, 1.807) is 0 Å². The molecule has 14 heavy (non-hydrogen) atoms. The summed E-state index contributed by atoms with van der Waals surface area (Å²) in [5, 5.41) is 8.90. The maximum absolute atomic E-state index is 11.7. The summed E-state index contributed by atoms with van der Waals surface area (Å²) in [5.74, 6) is -0.362. The van der Waals surface area contributed by atoms with Gasteiger partial charge < -0.3 is 9.84 Å². The van der Waals surface area contributed by atoms with Crippen molar-refractivity contribution in [1.29, 1.82) is 0 Å². The van der Waals surface area contributed by atoms with Crippen molar-refractivity contribution in [2.45, 2.75) is 6.10 Å². The number of benzene rings is 1. The first-order valence-electron chi connectivity index (χ1n) is 4.64. The third-order valence-electron chi connectivity index (χ3n) is 2.45. The van der Waals surface area contributed by atoms with E-state index in [1.165, 1.54) is 0 Å². The maximum Gasteiger partial charge on any atom is 0.173 e. The minimum Gasteiger partial charge on any atom is -0.396 e. The van der Waals surface area contributed by atoms with E-state index in [9.17, 15) is 4.79 Å². The number of hydrogen-bond acceptors (Lipinski definition) is 3. The minimum atomic E-state index is -0.478. The largest absolute Gasteiger partial charge is 0.396 e. The Hall–Kier alpha value is -1.19. The number of hydrogen-bond donors (Lipinski definition) is 1. The lowest BCUT2D eigenvalue weighted by Gasteiger charge is -2.07. The van der Waals surface area contributed by atoms with Crippen molar-refractivity contribution in [2.24, 2.45) is 5.92 Å². The van der Waals surface area contributed by atoms with E-state index in [0.29, 0.717) is 6.61 Å². The van der Waals surface area contributed by atoms with Gasteiger partial charge in [-0.3, -0.25) is 4.79 Å². The van der Waals surface area contributed by atoms with Crippen LogP contribution in [0.15, 0.2) is 30.3 Å². The summed E-state index contributed by atoms with van der Waals surface area (Å²) in [6.45, 7) is 0.205. The molecule has 0 aliphatic carbocycles. The molecule has 0 amide bonds. The van der Waals surface area contributed by atoms with Gasteiger partial charge in [0.2, 0.25) is 0 Å². The van der Waals surface area contributed by atoms with Gasteiger partial charge in [-0.25, -0.2) is 0 Å². The fourth-order valence-corrected chi connectivity index (χ4v) is 1.62. The van der Waals surface area contributed by atoms with E-state index in [1.807, 2.05) is 30.3 Å². The highest BCUT2D eigenvalue weighted by Crippen LogP contribution is 2.28. The lowest BCUT2D eigenvalue weighted by molar-refractivity contribution is -0.125. The third-order valence-corrected chi connectivity index (χ3v) is 2.45. The Morgan fingerprint density at radius 1 is 1.36 bits per heavy atom. The van der Waals surface area contributed by atoms with Crippen molar-refractivity contribution in [3.8, 4) is 0 Å². The molecule has 0 saturated carbocycles. The van der Waals surface area contributed by atoms with Gasteiger partial charge in [0.25, 0.3) is 0 Å². The lowest BCUT2D eigenvalue weighted by Crippen LogP contribution is -2.17. The highest BCUT2D eigenvalue weighted by atomic mass is 16.5. The number of rotatable bonds is 2. The number of ketones is 1. The van der Waals surface area contributed by atoms with E-state index in [-0.39, 0.29) is 18.3 Å². The normalized spacial score (nSPS) is 26.8. The van der Waals surface area contributed by atoms with Gasteiger partial charge in [0, 0.05) is 0 Å². The van der Waals surface area contributed by atoms with Crippen LogP contribution < -0.4 is 0 Å². The zero-order valence-electron chi connectivity index (χ0n) is 7.72. The molecule has 3 heteroatoms. The zero-order chi connectivity index (χ0) is 9.97. The molecule has 0 radical (unpaired) electrons. The molecule has 2 rings (SSSR count). The van der Waals surface area contributed by atoms with Crippen molar-refractivity contribution >= 4 is 5.78 Å². The van der Waals surface area contributed by atoms with Gasteiger partial charge in [-0.1, -0.05) is 30.3 Å². The Kier molecular flexibility index (Phi) is 2.61. The molecule has 1 saturated heterocycles. The van der Waals surface area contributed by atoms with Crippen molar-refractivity contribution < 1.29 is 14.6 Å². The van der Waals surface area contributed by atoms with E-state index in [0.717, 1.165) is 5.56 Å². The second-order valence-electron chi connectivity index (χ2n) is 3.41. The van der Waals surface area contributed by atoms with E-state index in [2.05, 4.69) is 0 Å². The van der Waals surface area contributed by atoms with Crippen LogP contribution in [0.2, 0.25) is 0 Å². The Morgan fingerprint density at radius 2 is 2.07 bits per heavy atom. The SMILES string of the molecule is O=C1C(CO)COC1c1ccccc1. The molecule has 1 N–H and O–H groups in total. The molecule has 1 aliphatic rings. The monoisotopic (exact) mass is 192 g/mol. The molecule has 0 bridgehead atoms. The van der Waals surface area contributed by atoms with Crippen LogP contribution in [0.4, 0.5) is 0 Å². The molecule has 1 aromatic carbocycles. The average molecular weight is 192 g/mol. The molecule has 74 valence electrons. The fraction of sp³-hybridized carbons (Fsp3) is 0.364. The molecule has 2 atom stereocenters. The third kappa shape index (κ3) is 1.56. The Bertz CT molecular complexity index is 321. The number of carbonyl (C=O) groups is 1. The molecule has 1 heterocycles. The summed E-state index contributed by atoms with van der Waals surface area (Å²) in [6, 6.07) is 9.37. The van der Waals surface area contributed by atoms with Crippen molar-refractivity contribution in [2.75, 3.05) is 13.2 Å². The number of aliphatic hydroxyl groups is 1. The summed E-state index contributed by atoms with van der Waals surface area (Å²) < 4.78 is 5.35. The molecular weight excluding hydrogens is 180 g/mol. The van der Waals surface area contributed by atoms with Gasteiger partial charge in [0.05, 0.1) is 19.1 Å². The van der Waals surface area contributed by atoms with Gasteiger partial charge in [-0.05, 0) is 5.56 Å². The maximum atomic E-state index is 11.7. The van der Waals surface area contributed by atoms with Crippen LogP contribution in [0.3, 0.4) is 0 Å². The highest BCUT2D eigenvalue weighted by molar-refractivity contribution is 5.88. The molecule has 0 spiro atoms. The second-order valence-corrected chi connectivity index (χ2v) is 3.41. The first-order chi connectivity index (χ1) is 6.83. The Morgan fingerprint density at radius 3 is 2.64 bits per heavy atom. The molecule has 2 unspecified atom stereocenters. The number of Topliss-reactive ketones (excluding diaryl/α,β-unsaturated/α-hetero) is 1. The van der Waals surface area contributed by atoms with Crippen LogP contribution >= 0.6 is 0 Å². The number of carbonyl (C=O) groups excluding carboxylic acids is 1. The molecular formula is C11H12O3. The molecule has 1 aromatic rings. The van der Waals surface area contributed by atoms with Gasteiger partial charge in [0.15, 0.2) is 5.78 Å². The molecule has 3 nitrogen and oxygen atoms in total. The van der Waals surface area contributed by atoms with Gasteiger partial charge in [-0.15, -0.1) is 0 Å². The second kappa shape index (κ2) is 3.90. The van der Waals surface area contributed by atoms with E-state index >= 15 is 0 Å². The van der Waals surface area contributed by atoms with E-state index in [4.69, 9.17) is 9.84 Å². The predicted molar refractivity (Wildman–Crippen MR) is 50.7 cm³/mol. The predicted octanol–water partition coefficient (Wildman–Crippen LogP) is 0.935. The van der Waals surface area contributed by atoms with Crippen molar-refractivity contribution in [3.05, 3.63) is 35.9 Å². The number of ether oxygens (including phenoxy) is 1. The molecule has 1 fully saturated rings. The van der Waals surface area contributed by atoms with Gasteiger partial charge >= 0.3 is 0 Å². The van der Waals surface area contributed by atoms with Crippen molar-refractivity contribution in [3.63, 3.8) is 0 Å². The van der Waals surface area contributed by atoms with E-state index < -0.39 is 6.10 Å². The van der Waals surface area contributed by atoms with Crippen LogP contribution in [0.25, 0.3) is 0 Å². The topological polar surface area (TPSA) is 46.5 Å². The zero-order valence-corrected chi connectivity index (χ0v) is 7.72. The summed E-state index contributed by atoms with van der Waals surface area (Å²) in [7, 11) is 0. The van der Waals surface area contributed by atoms with Crippen LogP contribution in [0, 0.1) is 5.92 Å².